The van der Waals surface area contributed by atoms with E-state index >= 15 is 0 Å². The number of rotatable bonds is 7. The van der Waals surface area contributed by atoms with Crippen LogP contribution >= 0.6 is 0 Å². The molecule has 2 rings (SSSR count). The summed E-state index contributed by atoms with van der Waals surface area (Å²) in [7, 11) is 3.64. The van der Waals surface area contributed by atoms with Gasteiger partial charge in [0.2, 0.25) is 5.91 Å². The van der Waals surface area contributed by atoms with Gasteiger partial charge in [-0.05, 0) is 50.9 Å². The number of aryl methyl sites for hydroxylation is 1. The van der Waals surface area contributed by atoms with Crippen LogP contribution in [0.25, 0.3) is 0 Å². The van der Waals surface area contributed by atoms with Gasteiger partial charge in [0, 0.05) is 19.7 Å². The molecule has 0 spiro atoms. The molecule has 128 valence electrons. The molecule has 5 heteroatoms. The summed E-state index contributed by atoms with van der Waals surface area (Å²) in [6.07, 6.45) is 2.31. The number of hydrogen-bond acceptors (Lipinski definition) is 4. The van der Waals surface area contributed by atoms with Crippen molar-refractivity contribution in [2.45, 2.75) is 45.4 Å². The molecular formula is C18H28N2O3. The molecule has 0 aliphatic carbocycles. The van der Waals surface area contributed by atoms with E-state index < -0.39 is 0 Å². The van der Waals surface area contributed by atoms with Gasteiger partial charge in [0.25, 0.3) is 0 Å². The van der Waals surface area contributed by atoms with E-state index in [4.69, 9.17) is 9.47 Å². The van der Waals surface area contributed by atoms with Crippen molar-refractivity contribution in [1.82, 2.24) is 10.2 Å². The van der Waals surface area contributed by atoms with Gasteiger partial charge < -0.3 is 14.8 Å². The van der Waals surface area contributed by atoms with Gasteiger partial charge in [-0.25, -0.2) is 0 Å². The van der Waals surface area contributed by atoms with Gasteiger partial charge >= 0.3 is 0 Å². The Labute approximate surface area is 139 Å². The Morgan fingerprint density at radius 1 is 1.52 bits per heavy atom. The van der Waals surface area contributed by atoms with E-state index in [0.29, 0.717) is 6.54 Å². The first-order valence-electron chi connectivity index (χ1n) is 8.24. The van der Waals surface area contributed by atoms with E-state index in [-0.39, 0.29) is 18.1 Å². The molecule has 1 saturated heterocycles. The maximum atomic E-state index is 12.3. The van der Waals surface area contributed by atoms with E-state index in [1.165, 1.54) is 5.56 Å². The molecule has 1 amide bonds. The van der Waals surface area contributed by atoms with E-state index in [9.17, 15) is 4.79 Å². The van der Waals surface area contributed by atoms with Crippen LogP contribution in [-0.2, 0) is 16.1 Å². The third-order valence-electron chi connectivity index (χ3n) is 4.46. The Balaban J connectivity index is 1.84. The molecule has 1 heterocycles. The highest BCUT2D eigenvalue weighted by Crippen LogP contribution is 2.19. The molecule has 1 aromatic carbocycles. The molecular weight excluding hydrogens is 292 g/mol. The molecule has 1 fully saturated rings. The Hall–Kier alpha value is -1.59. The highest BCUT2D eigenvalue weighted by Gasteiger charge is 2.21. The van der Waals surface area contributed by atoms with Crippen LogP contribution in [0.2, 0.25) is 0 Å². The van der Waals surface area contributed by atoms with Crippen molar-refractivity contribution >= 4 is 5.91 Å². The topological polar surface area (TPSA) is 50.8 Å². The fourth-order valence-corrected chi connectivity index (χ4v) is 2.83. The van der Waals surface area contributed by atoms with Crippen LogP contribution in [0, 0.1) is 6.92 Å². The van der Waals surface area contributed by atoms with E-state index in [2.05, 4.69) is 11.4 Å². The summed E-state index contributed by atoms with van der Waals surface area (Å²) in [6.45, 7) is 6.10. The summed E-state index contributed by atoms with van der Waals surface area (Å²) in [6, 6.07) is 5.94. The van der Waals surface area contributed by atoms with Crippen LogP contribution in [0.5, 0.6) is 5.75 Å². The largest absolute Gasteiger partial charge is 0.496 e. The molecule has 0 aromatic heterocycles. The highest BCUT2D eigenvalue weighted by atomic mass is 16.5. The van der Waals surface area contributed by atoms with Gasteiger partial charge in [-0.15, -0.1) is 0 Å². The molecule has 0 saturated carbocycles. The molecule has 0 radical (unpaired) electrons. The lowest BCUT2D eigenvalue weighted by molar-refractivity contribution is -0.126. The van der Waals surface area contributed by atoms with Crippen molar-refractivity contribution in [2.75, 3.05) is 27.3 Å². The van der Waals surface area contributed by atoms with Gasteiger partial charge in [0.15, 0.2) is 0 Å². The monoisotopic (exact) mass is 320 g/mol. The molecule has 23 heavy (non-hydrogen) atoms. The van der Waals surface area contributed by atoms with Crippen LogP contribution in [-0.4, -0.2) is 50.3 Å². The van der Waals surface area contributed by atoms with Crippen LogP contribution in [0.3, 0.4) is 0 Å². The number of likely N-dealkylation sites (N-methyl/N-ethyl adjacent to an activating group) is 1. The molecule has 1 aliphatic heterocycles. The Morgan fingerprint density at radius 3 is 2.91 bits per heavy atom. The Morgan fingerprint density at radius 2 is 2.30 bits per heavy atom. The van der Waals surface area contributed by atoms with Crippen molar-refractivity contribution in [1.29, 1.82) is 0 Å². The summed E-state index contributed by atoms with van der Waals surface area (Å²) in [5.41, 5.74) is 2.28. The number of methoxy groups -OCH3 is 1. The van der Waals surface area contributed by atoms with Crippen LogP contribution < -0.4 is 10.1 Å². The average Bonchev–Trinajstić information content (AvgIpc) is 3.05. The Bertz CT molecular complexity index is 527. The third-order valence-corrected chi connectivity index (χ3v) is 4.46. The minimum absolute atomic E-state index is 0.0493. The summed E-state index contributed by atoms with van der Waals surface area (Å²) in [4.78, 5) is 14.3. The van der Waals surface area contributed by atoms with E-state index in [0.717, 1.165) is 37.3 Å². The first kappa shape index (κ1) is 17.8. The fourth-order valence-electron chi connectivity index (χ4n) is 2.83. The highest BCUT2D eigenvalue weighted by molar-refractivity contribution is 5.81. The molecule has 2 atom stereocenters. The number of ether oxygens (including phenoxy) is 2. The van der Waals surface area contributed by atoms with Gasteiger partial charge in [0.1, 0.15) is 5.75 Å². The van der Waals surface area contributed by atoms with Gasteiger partial charge in [-0.3, -0.25) is 9.69 Å². The number of carbonyl (C=O) groups excluding carboxylic acids is 1. The molecule has 0 bridgehead atoms. The van der Waals surface area contributed by atoms with E-state index in [1.54, 1.807) is 7.11 Å². The molecule has 1 aliphatic rings. The predicted octanol–water partition coefficient (Wildman–Crippen LogP) is 2.12. The van der Waals surface area contributed by atoms with Gasteiger partial charge in [-0.2, -0.15) is 0 Å². The summed E-state index contributed by atoms with van der Waals surface area (Å²) in [5.74, 6) is 0.937. The zero-order valence-electron chi connectivity index (χ0n) is 14.6. The van der Waals surface area contributed by atoms with Crippen molar-refractivity contribution in [2.24, 2.45) is 0 Å². The van der Waals surface area contributed by atoms with Crippen LogP contribution in [0.4, 0.5) is 0 Å². The number of nitrogens with zero attached hydrogens (tertiary/aromatic N) is 1. The SMILES string of the molecule is COc1ccc(CN(C)[C@H](C)C(=O)NC[C@H]2CCCO2)cc1C. The maximum Gasteiger partial charge on any atom is 0.237 e. The summed E-state index contributed by atoms with van der Waals surface area (Å²) >= 11 is 0. The standard InChI is InChI=1S/C18H28N2O3/c1-13-10-15(7-8-17(13)22-4)12-20(3)14(2)18(21)19-11-16-6-5-9-23-16/h7-8,10,14,16H,5-6,9,11-12H2,1-4H3,(H,19,21)/t14-,16-/m1/s1. The quantitative estimate of drug-likeness (QED) is 0.836. The first-order valence-corrected chi connectivity index (χ1v) is 8.24. The van der Waals surface area contributed by atoms with Gasteiger partial charge in [-0.1, -0.05) is 12.1 Å². The van der Waals surface area contributed by atoms with Crippen molar-refractivity contribution < 1.29 is 14.3 Å². The fraction of sp³-hybridized carbons (Fsp3) is 0.611. The summed E-state index contributed by atoms with van der Waals surface area (Å²) < 4.78 is 10.8. The number of amides is 1. The second kappa shape index (κ2) is 8.31. The van der Waals surface area contributed by atoms with Crippen LogP contribution in [0.15, 0.2) is 18.2 Å². The predicted molar refractivity (Wildman–Crippen MR) is 90.6 cm³/mol. The van der Waals surface area contributed by atoms with Crippen LogP contribution in [0.1, 0.15) is 30.9 Å². The lowest BCUT2D eigenvalue weighted by Crippen LogP contribution is -2.45. The zero-order valence-corrected chi connectivity index (χ0v) is 14.6. The minimum Gasteiger partial charge on any atom is -0.496 e. The van der Waals surface area contributed by atoms with Crippen molar-refractivity contribution in [3.63, 3.8) is 0 Å². The number of hydrogen-bond donors (Lipinski definition) is 1. The number of nitrogens with one attached hydrogen (secondary N) is 1. The summed E-state index contributed by atoms with van der Waals surface area (Å²) in [5, 5.41) is 3.00. The maximum absolute atomic E-state index is 12.3. The first-order chi connectivity index (χ1) is 11.0. The van der Waals surface area contributed by atoms with Crippen molar-refractivity contribution in [3.05, 3.63) is 29.3 Å². The molecule has 5 nitrogen and oxygen atoms in total. The second-order valence-corrected chi connectivity index (χ2v) is 6.28. The smallest absolute Gasteiger partial charge is 0.237 e. The lowest BCUT2D eigenvalue weighted by Gasteiger charge is -2.24. The van der Waals surface area contributed by atoms with Crippen molar-refractivity contribution in [3.8, 4) is 5.75 Å². The normalized spacial score (nSPS) is 18.9. The molecule has 1 aromatic rings. The lowest BCUT2D eigenvalue weighted by atomic mass is 10.1. The third kappa shape index (κ3) is 4.94. The average molecular weight is 320 g/mol. The molecule has 0 unspecified atom stereocenters. The van der Waals surface area contributed by atoms with Gasteiger partial charge in [0.05, 0.1) is 19.3 Å². The number of carbonyl (C=O) groups is 1. The minimum atomic E-state index is -0.182. The Kier molecular flexibility index (Phi) is 6.42. The van der Waals surface area contributed by atoms with E-state index in [1.807, 2.05) is 37.9 Å². The second-order valence-electron chi connectivity index (χ2n) is 6.28. The zero-order chi connectivity index (χ0) is 16.8. The molecule has 1 N–H and O–H groups in total. The number of benzene rings is 1.